The largest absolute Gasteiger partial charge is 0.493 e. The van der Waals surface area contributed by atoms with Gasteiger partial charge in [0.05, 0.1) is 18.8 Å². The molecule has 0 bridgehead atoms. The molecule has 0 aliphatic carbocycles. The van der Waals surface area contributed by atoms with Crippen LogP contribution in [0.25, 0.3) is 0 Å². The summed E-state index contributed by atoms with van der Waals surface area (Å²) in [4.78, 5) is 0. The van der Waals surface area contributed by atoms with Crippen molar-refractivity contribution in [3.8, 4) is 11.5 Å². The SMILES string of the molecule is CCOc1cc2c(cc1C1CC(O)CCO1)OC(C)C2. The Bertz CT molecular complexity index is 486. The van der Waals surface area contributed by atoms with E-state index in [9.17, 15) is 5.11 Å². The van der Waals surface area contributed by atoms with Gasteiger partial charge in [-0.2, -0.15) is 0 Å². The van der Waals surface area contributed by atoms with Gasteiger partial charge in [-0.25, -0.2) is 0 Å². The van der Waals surface area contributed by atoms with Crippen LogP contribution in [-0.4, -0.2) is 30.5 Å². The van der Waals surface area contributed by atoms with Crippen molar-refractivity contribution in [3.63, 3.8) is 0 Å². The van der Waals surface area contributed by atoms with Crippen molar-refractivity contribution in [1.82, 2.24) is 0 Å². The van der Waals surface area contributed by atoms with E-state index in [0.29, 0.717) is 26.1 Å². The molecule has 3 rings (SSSR count). The molecule has 3 atom stereocenters. The van der Waals surface area contributed by atoms with Crippen molar-refractivity contribution < 1.29 is 19.3 Å². The van der Waals surface area contributed by atoms with Crippen LogP contribution in [0, 0.1) is 0 Å². The van der Waals surface area contributed by atoms with Crippen LogP contribution in [0.5, 0.6) is 11.5 Å². The topological polar surface area (TPSA) is 47.9 Å². The fourth-order valence-corrected chi connectivity index (χ4v) is 2.98. The number of hydrogen-bond donors (Lipinski definition) is 1. The third-order valence-corrected chi connectivity index (χ3v) is 3.93. The van der Waals surface area contributed by atoms with E-state index in [1.54, 1.807) is 0 Å². The fraction of sp³-hybridized carbons (Fsp3) is 0.625. The van der Waals surface area contributed by atoms with Crippen molar-refractivity contribution in [1.29, 1.82) is 0 Å². The minimum absolute atomic E-state index is 0.106. The quantitative estimate of drug-likeness (QED) is 0.923. The van der Waals surface area contributed by atoms with E-state index >= 15 is 0 Å². The molecule has 1 saturated heterocycles. The van der Waals surface area contributed by atoms with Gasteiger partial charge in [-0.3, -0.25) is 0 Å². The number of rotatable bonds is 3. The average Bonchev–Trinajstić information content (AvgIpc) is 2.77. The molecule has 3 unspecified atom stereocenters. The predicted octanol–water partition coefficient (Wildman–Crippen LogP) is 2.62. The van der Waals surface area contributed by atoms with Crippen LogP contribution in [0.15, 0.2) is 12.1 Å². The molecular formula is C16H22O4. The van der Waals surface area contributed by atoms with Gasteiger partial charge in [0.2, 0.25) is 0 Å². The second-order valence-electron chi connectivity index (χ2n) is 5.60. The first-order valence-electron chi connectivity index (χ1n) is 7.43. The van der Waals surface area contributed by atoms with Crippen LogP contribution >= 0.6 is 0 Å². The van der Waals surface area contributed by atoms with Crippen LogP contribution < -0.4 is 9.47 Å². The molecule has 0 spiro atoms. The second kappa shape index (κ2) is 5.62. The Morgan fingerprint density at radius 1 is 1.40 bits per heavy atom. The monoisotopic (exact) mass is 278 g/mol. The number of aliphatic hydroxyl groups is 1. The molecule has 110 valence electrons. The Morgan fingerprint density at radius 2 is 2.25 bits per heavy atom. The predicted molar refractivity (Wildman–Crippen MR) is 75.3 cm³/mol. The lowest BCUT2D eigenvalue weighted by Gasteiger charge is -2.28. The fourth-order valence-electron chi connectivity index (χ4n) is 2.98. The van der Waals surface area contributed by atoms with Crippen LogP contribution in [0.2, 0.25) is 0 Å². The number of hydrogen-bond acceptors (Lipinski definition) is 4. The van der Waals surface area contributed by atoms with E-state index in [1.165, 1.54) is 5.56 Å². The zero-order valence-electron chi connectivity index (χ0n) is 12.1. The Balaban J connectivity index is 1.93. The highest BCUT2D eigenvalue weighted by Crippen LogP contribution is 2.41. The van der Waals surface area contributed by atoms with E-state index < -0.39 is 0 Å². The molecule has 2 aliphatic rings. The molecule has 0 aromatic heterocycles. The molecule has 0 radical (unpaired) electrons. The number of aliphatic hydroxyl groups excluding tert-OH is 1. The molecule has 4 nitrogen and oxygen atoms in total. The molecule has 1 fully saturated rings. The average molecular weight is 278 g/mol. The standard InChI is InChI=1S/C16H22O4/c1-3-18-15-7-11-6-10(2)20-14(11)9-13(15)16-8-12(17)4-5-19-16/h7,9-10,12,16-17H,3-6,8H2,1-2H3. The maximum absolute atomic E-state index is 9.85. The van der Waals surface area contributed by atoms with Gasteiger partial charge in [0.15, 0.2) is 0 Å². The van der Waals surface area contributed by atoms with Gasteiger partial charge < -0.3 is 19.3 Å². The summed E-state index contributed by atoms with van der Waals surface area (Å²) < 4.78 is 17.4. The van der Waals surface area contributed by atoms with Gasteiger partial charge in [0, 0.05) is 30.6 Å². The van der Waals surface area contributed by atoms with Crippen molar-refractivity contribution >= 4 is 0 Å². The summed E-state index contributed by atoms with van der Waals surface area (Å²) in [6.07, 6.45) is 2.06. The first-order chi connectivity index (χ1) is 9.67. The molecule has 1 N–H and O–H groups in total. The van der Waals surface area contributed by atoms with Gasteiger partial charge in [-0.1, -0.05) is 0 Å². The zero-order chi connectivity index (χ0) is 14.1. The first-order valence-corrected chi connectivity index (χ1v) is 7.43. The van der Waals surface area contributed by atoms with Crippen LogP contribution in [0.4, 0.5) is 0 Å². The van der Waals surface area contributed by atoms with E-state index in [0.717, 1.165) is 23.5 Å². The third kappa shape index (κ3) is 2.63. The van der Waals surface area contributed by atoms with Crippen molar-refractivity contribution in [3.05, 3.63) is 23.3 Å². The van der Waals surface area contributed by atoms with E-state index in [1.807, 2.05) is 13.0 Å². The number of fused-ring (bicyclic) bond motifs is 1. The van der Waals surface area contributed by atoms with E-state index in [4.69, 9.17) is 14.2 Å². The lowest BCUT2D eigenvalue weighted by atomic mass is 9.96. The minimum Gasteiger partial charge on any atom is -0.493 e. The Kier molecular flexibility index (Phi) is 3.85. The normalized spacial score (nSPS) is 28.9. The van der Waals surface area contributed by atoms with Crippen LogP contribution in [-0.2, 0) is 11.2 Å². The summed E-state index contributed by atoms with van der Waals surface area (Å²) >= 11 is 0. The Hall–Kier alpha value is -1.26. The minimum atomic E-state index is -0.295. The van der Waals surface area contributed by atoms with Crippen molar-refractivity contribution in [2.24, 2.45) is 0 Å². The number of ether oxygens (including phenoxy) is 3. The summed E-state index contributed by atoms with van der Waals surface area (Å²) in [7, 11) is 0. The van der Waals surface area contributed by atoms with Gasteiger partial charge in [0.25, 0.3) is 0 Å². The van der Waals surface area contributed by atoms with Gasteiger partial charge in [-0.15, -0.1) is 0 Å². The Labute approximate surface area is 119 Å². The first kappa shape index (κ1) is 13.7. The number of benzene rings is 1. The molecule has 20 heavy (non-hydrogen) atoms. The highest BCUT2D eigenvalue weighted by atomic mass is 16.5. The molecule has 0 saturated carbocycles. The summed E-state index contributed by atoms with van der Waals surface area (Å²) in [6, 6.07) is 4.11. The van der Waals surface area contributed by atoms with Gasteiger partial charge in [0.1, 0.15) is 17.6 Å². The van der Waals surface area contributed by atoms with Crippen molar-refractivity contribution in [2.75, 3.05) is 13.2 Å². The maximum atomic E-state index is 9.85. The van der Waals surface area contributed by atoms with Crippen LogP contribution in [0.3, 0.4) is 0 Å². The zero-order valence-corrected chi connectivity index (χ0v) is 12.1. The summed E-state index contributed by atoms with van der Waals surface area (Å²) in [6.45, 7) is 5.26. The lowest BCUT2D eigenvalue weighted by Crippen LogP contribution is -2.23. The van der Waals surface area contributed by atoms with E-state index in [2.05, 4.69) is 13.0 Å². The summed E-state index contributed by atoms with van der Waals surface area (Å²) in [5, 5.41) is 9.85. The second-order valence-corrected chi connectivity index (χ2v) is 5.60. The lowest BCUT2D eigenvalue weighted by molar-refractivity contribution is -0.0457. The molecular weight excluding hydrogens is 256 g/mol. The highest BCUT2D eigenvalue weighted by molar-refractivity contribution is 5.49. The summed E-state index contributed by atoms with van der Waals surface area (Å²) in [5.41, 5.74) is 2.19. The van der Waals surface area contributed by atoms with Crippen LogP contribution in [0.1, 0.15) is 43.9 Å². The van der Waals surface area contributed by atoms with Crippen molar-refractivity contribution in [2.45, 2.75) is 51.4 Å². The summed E-state index contributed by atoms with van der Waals surface area (Å²) in [5.74, 6) is 1.79. The molecule has 2 heterocycles. The molecule has 2 aliphatic heterocycles. The molecule has 0 amide bonds. The van der Waals surface area contributed by atoms with E-state index in [-0.39, 0.29) is 18.3 Å². The highest BCUT2D eigenvalue weighted by Gasteiger charge is 2.28. The molecule has 4 heteroatoms. The van der Waals surface area contributed by atoms with Gasteiger partial charge in [-0.05, 0) is 32.4 Å². The molecule has 1 aromatic rings. The maximum Gasteiger partial charge on any atom is 0.125 e. The molecule has 1 aromatic carbocycles. The third-order valence-electron chi connectivity index (χ3n) is 3.93. The smallest absolute Gasteiger partial charge is 0.125 e. The Morgan fingerprint density at radius 3 is 3.00 bits per heavy atom. The van der Waals surface area contributed by atoms with Gasteiger partial charge >= 0.3 is 0 Å².